The minimum Gasteiger partial charge on any atom is -0.462 e. The van der Waals surface area contributed by atoms with Gasteiger partial charge in [-0.15, -0.1) is 0 Å². The van der Waals surface area contributed by atoms with Crippen LogP contribution in [0.15, 0.2) is 24.3 Å². The summed E-state index contributed by atoms with van der Waals surface area (Å²) in [6.07, 6.45) is 64.8. The van der Waals surface area contributed by atoms with Gasteiger partial charge in [-0.25, -0.2) is 9.13 Å². The molecule has 0 aliphatic carbocycles. The molecule has 0 radical (unpaired) electrons. The van der Waals surface area contributed by atoms with Crippen LogP contribution in [0.2, 0.25) is 0 Å². The molecule has 0 aromatic rings. The van der Waals surface area contributed by atoms with Crippen LogP contribution in [0.25, 0.3) is 0 Å². The number of allylic oxidation sites excluding steroid dienone is 4. The van der Waals surface area contributed by atoms with Gasteiger partial charge in [0.15, 0.2) is 12.2 Å². The number of aliphatic hydroxyl groups is 1. The van der Waals surface area contributed by atoms with Gasteiger partial charge in [-0.05, 0) is 57.3 Å². The third-order valence-corrected chi connectivity index (χ3v) is 19.8. The van der Waals surface area contributed by atoms with E-state index in [1.54, 1.807) is 0 Å². The molecule has 0 aromatic carbocycles. The summed E-state index contributed by atoms with van der Waals surface area (Å²) in [5.74, 6) is -1.46. The van der Waals surface area contributed by atoms with Crippen LogP contribution in [0, 0.1) is 5.92 Å². The van der Waals surface area contributed by atoms with Crippen LogP contribution < -0.4 is 0 Å². The van der Waals surface area contributed by atoms with Crippen LogP contribution in [-0.4, -0.2) is 96.7 Å². The Morgan fingerprint density at radius 1 is 0.316 bits per heavy atom. The lowest BCUT2D eigenvalue weighted by atomic mass is 10.0. The number of hydrogen-bond donors (Lipinski definition) is 3. The van der Waals surface area contributed by atoms with E-state index >= 15 is 0 Å². The van der Waals surface area contributed by atoms with Crippen LogP contribution in [-0.2, 0) is 65.4 Å². The Balaban J connectivity index is 5.25. The molecule has 0 aromatic heterocycles. The zero-order valence-electron chi connectivity index (χ0n) is 63.4. The van der Waals surface area contributed by atoms with Crippen LogP contribution >= 0.6 is 15.6 Å². The SMILES string of the molecule is CCCCCC/C=C\C=C/CCCCCCCC(=O)OC[C@H](COP(=O)(O)OC[C@@H](O)COP(=O)(O)OC[C@@H](COC(=O)CCCCCCCCC(C)C)OC(=O)CCCCCCCCCCCCCCCC)OC(=O)CCCCCCCCCCCCCCCCCCCCCC. The highest BCUT2D eigenvalue weighted by Crippen LogP contribution is 2.45. The molecular weight excluding hydrogens is 1280 g/mol. The summed E-state index contributed by atoms with van der Waals surface area (Å²) in [7, 11) is -9.92. The van der Waals surface area contributed by atoms with Crippen molar-refractivity contribution in [2.24, 2.45) is 5.92 Å². The molecule has 0 bridgehead atoms. The normalized spacial score (nSPS) is 14.1. The van der Waals surface area contributed by atoms with Gasteiger partial charge in [0.05, 0.1) is 26.4 Å². The average Bonchev–Trinajstić information content (AvgIpc) is 1.90. The van der Waals surface area contributed by atoms with E-state index in [-0.39, 0.29) is 25.7 Å². The van der Waals surface area contributed by atoms with Gasteiger partial charge in [0.1, 0.15) is 19.3 Å². The quantitative estimate of drug-likeness (QED) is 0.0169. The van der Waals surface area contributed by atoms with Gasteiger partial charge in [-0.2, -0.15) is 0 Å². The Kier molecular flexibility index (Phi) is 69.7. The Bertz CT molecular complexity index is 1970. The molecule has 0 heterocycles. The molecule has 3 N–H and O–H groups in total. The van der Waals surface area contributed by atoms with Crippen molar-refractivity contribution >= 4 is 39.5 Å². The molecule has 2 unspecified atom stereocenters. The molecular formula is C79H150O17P2. The van der Waals surface area contributed by atoms with E-state index in [2.05, 4.69) is 58.9 Å². The third kappa shape index (κ3) is 71.9. The Morgan fingerprint density at radius 3 is 0.837 bits per heavy atom. The number of phosphoric ester groups is 2. The second-order valence-corrected chi connectivity index (χ2v) is 31.2. The van der Waals surface area contributed by atoms with Crippen LogP contribution in [0.4, 0.5) is 0 Å². The van der Waals surface area contributed by atoms with E-state index in [9.17, 15) is 43.2 Å². The molecule has 0 spiro atoms. The number of rotatable bonds is 77. The zero-order chi connectivity index (χ0) is 71.9. The van der Waals surface area contributed by atoms with Crippen molar-refractivity contribution in [2.45, 2.75) is 412 Å². The largest absolute Gasteiger partial charge is 0.472 e. The topological polar surface area (TPSA) is 237 Å². The van der Waals surface area contributed by atoms with Gasteiger partial charge in [0, 0.05) is 25.7 Å². The highest BCUT2D eigenvalue weighted by atomic mass is 31.2. The highest BCUT2D eigenvalue weighted by molar-refractivity contribution is 7.47. The van der Waals surface area contributed by atoms with Gasteiger partial charge in [-0.1, -0.05) is 341 Å². The van der Waals surface area contributed by atoms with E-state index in [0.29, 0.717) is 31.6 Å². The van der Waals surface area contributed by atoms with Crippen molar-refractivity contribution in [1.82, 2.24) is 0 Å². The molecule has 98 heavy (non-hydrogen) atoms. The fraction of sp³-hybridized carbons (Fsp3) is 0.899. The maximum Gasteiger partial charge on any atom is 0.472 e. The number of aliphatic hydroxyl groups excluding tert-OH is 1. The number of unbranched alkanes of at least 4 members (excludes halogenated alkanes) is 46. The van der Waals surface area contributed by atoms with Crippen molar-refractivity contribution in [3.63, 3.8) is 0 Å². The van der Waals surface area contributed by atoms with Crippen molar-refractivity contribution in [2.75, 3.05) is 39.6 Å². The van der Waals surface area contributed by atoms with Gasteiger partial charge >= 0.3 is 39.5 Å². The average molecular weight is 1430 g/mol. The predicted molar refractivity (Wildman–Crippen MR) is 400 cm³/mol. The molecule has 5 atom stereocenters. The summed E-state index contributed by atoms with van der Waals surface area (Å²) in [6.45, 7) is 7.16. The molecule has 19 heteroatoms. The first-order valence-corrected chi connectivity index (χ1v) is 43.4. The molecule has 578 valence electrons. The molecule has 0 saturated heterocycles. The summed E-state index contributed by atoms with van der Waals surface area (Å²) in [4.78, 5) is 72.9. The maximum atomic E-state index is 13.1. The Hall–Kier alpha value is -2.46. The Morgan fingerprint density at radius 2 is 0.551 bits per heavy atom. The fourth-order valence-corrected chi connectivity index (χ4v) is 13.3. The van der Waals surface area contributed by atoms with E-state index in [1.165, 1.54) is 193 Å². The summed E-state index contributed by atoms with van der Waals surface area (Å²) in [5.41, 5.74) is 0. The lowest BCUT2D eigenvalue weighted by Crippen LogP contribution is -2.30. The van der Waals surface area contributed by atoms with Crippen LogP contribution in [0.5, 0.6) is 0 Å². The minimum absolute atomic E-state index is 0.102. The van der Waals surface area contributed by atoms with Crippen molar-refractivity contribution in [3.8, 4) is 0 Å². The summed E-state index contributed by atoms with van der Waals surface area (Å²) in [6, 6.07) is 0. The standard InChI is InChI=1S/C79H150O17P2/c1-6-9-12-15-18-21-24-27-30-31-32-33-34-36-39-42-45-48-55-60-65-78(83)95-74(68-89-76(81)62-57-52-46-43-40-38-35-28-25-22-19-16-13-10-7-2)70-93-97(85,86)91-66-73(80)67-92-98(87,88)94-71-75(69-90-77(82)63-58-53-50-49-51-56-61-72(4)5)96-79(84)64-59-54-47-44-41-37-29-26-23-20-17-14-11-8-3/h22,25,28,35,72-75,80H,6-21,23-24,26-27,29-34,36-71H2,1-5H3,(H,85,86)(H,87,88)/b25-22-,35-28-/t73-,74-,75-/m1/s1. The molecule has 0 aliphatic heterocycles. The smallest absolute Gasteiger partial charge is 0.462 e. The van der Waals surface area contributed by atoms with E-state index in [0.717, 1.165) is 116 Å². The minimum atomic E-state index is -4.97. The van der Waals surface area contributed by atoms with Crippen molar-refractivity contribution in [1.29, 1.82) is 0 Å². The monoisotopic (exact) mass is 1430 g/mol. The van der Waals surface area contributed by atoms with Crippen molar-refractivity contribution < 1.29 is 80.2 Å². The van der Waals surface area contributed by atoms with Gasteiger partial charge in [-0.3, -0.25) is 37.3 Å². The number of ether oxygens (including phenoxy) is 4. The van der Waals surface area contributed by atoms with E-state index in [1.807, 2.05) is 0 Å². The number of esters is 4. The van der Waals surface area contributed by atoms with Gasteiger partial charge in [0.2, 0.25) is 0 Å². The predicted octanol–water partition coefficient (Wildman–Crippen LogP) is 23.2. The molecule has 0 amide bonds. The second-order valence-electron chi connectivity index (χ2n) is 28.2. The second kappa shape index (κ2) is 71.5. The first-order chi connectivity index (χ1) is 47.5. The molecule has 0 aliphatic rings. The van der Waals surface area contributed by atoms with Crippen LogP contribution in [0.1, 0.15) is 394 Å². The van der Waals surface area contributed by atoms with Crippen LogP contribution in [0.3, 0.4) is 0 Å². The van der Waals surface area contributed by atoms with Gasteiger partial charge < -0.3 is 33.8 Å². The Labute approximate surface area is 599 Å². The lowest BCUT2D eigenvalue weighted by Gasteiger charge is -2.21. The number of carbonyl (C=O) groups is 4. The number of phosphoric acid groups is 2. The summed E-state index contributed by atoms with van der Waals surface area (Å²) >= 11 is 0. The third-order valence-electron chi connectivity index (χ3n) is 17.9. The van der Waals surface area contributed by atoms with Gasteiger partial charge in [0.25, 0.3) is 0 Å². The molecule has 17 nitrogen and oxygen atoms in total. The lowest BCUT2D eigenvalue weighted by molar-refractivity contribution is -0.161. The summed E-state index contributed by atoms with van der Waals surface area (Å²) in [5, 5.41) is 10.6. The first-order valence-electron chi connectivity index (χ1n) is 40.5. The van der Waals surface area contributed by atoms with Crippen molar-refractivity contribution in [3.05, 3.63) is 24.3 Å². The molecule has 0 fully saturated rings. The summed E-state index contributed by atoms with van der Waals surface area (Å²) < 4.78 is 68.5. The van der Waals surface area contributed by atoms with E-state index < -0.39 is 97.5 Å². The molecule has 0 saturated carbocycles. The number of hydrogen-bond acceptors (Lipinski definition) is 15. The first kappa shape index (κ1) is 95.5. The molecule has 0 rings (SSSR count). The number of carbonyl (C=O) groups excluding carboxylic acids is 4. The zero-order valence-corrected chi connectivity index (χ0v) is 65.2. The highest BCUT2D eigenvalue weighted by Gasteiger charge is 2.30. The maximum absolute atomic E-state index is 13.1. The fourth-order valence-electron chi connectivity index (χ4n) is 11.7. The van der Waals surface area contributed by atoms with E-state index in [4.69, 9.17) is 37.0 Å².